The van der Waals surface area contributed by atoms with Crippen LogP contribution in [-0.2, 0) is 6.54 Å². The van der Waals surface area contributed by atoms with Crippen molar-refractivity contribution in [3.05, 3.63) is 33.6 Å². The standard InChI is InChI=1S/C12H13ClN4O2/c1-6-9(7(2)19-17-6)4-14-12-10(5-18)11(13)15-8(3)16-12/h5H,4H2,1-3H3,(H,14,15,16). The maximum Gasteiger partial charge on any atom is 0.156 e. The third kappa shape index (κ3) is 2.73. The average molecular weight is 281 g/mol. The van der Waals surface area contributed by atoms with E-state index in [1.54, 1.807) is 6.92 Å². The Morgan fingerprint density at radius 2 is 2.05 bits per heavy atom. The minimum Gasteiger partial charge on any atom is -0.365 e. The van der Waals surface area contributed by atoms with E-state index in [0.29, 0.717) is 24.5 Å². The third-order valence-electron chi connectivity index (χ3n) is 2.74. The van der Waals surface area contributed by atoms with Gasteiger partial charge in [0.15, 0.2) is 6.29 Å². The van der Waals surface area contributed by atoms with Crippen LogP contribution >= 0.6 is 11.6 Å². The van der Waals surface area contributed by atoms with Gasteiger partial charge in [0, 0.05) is 12.1 Å². The highest BCUT2D eigenvalue weighted by Gasteiger charge is 2.13. The Kier molecular flexibility index (Phi) is 3.80. The number of hydrogen-bond donors (Lipinski definition) is 1. The first kappa shape index (κ1) is 13.5. The Balaban J connectivity index is 2.27. The van der Waals surface area contributed by atoms with E-state index >= 15 is 0 Å². The predicted octanol–water partition coefficient (Wildman–Crippen LogP) is 2.47. The molecule has 7 heteroatoms. The molecular formula is C12H13ClN4O2. The van der Waals surface area contributed by atoms with Gasteiger partial charge in [-0.2, -0.15) is 0 Å². The number of anilines is 1. The van der Waals surface area contributed by atoms with Gasteiger partial charge in [0.05, 0.1) is 11.3 Å². The number of halogens is 1. The van der Waals surface area contributed by atoms with Gasteiger partial charge in [0.25, 0.3) is 0 Å². The second-order valence-electron chi connectivity index (χ2n) is 4.10. The fourth-order valence-corrected chi connectivity index (χ4v) is 1.97. The summed E-state index contributed by atoms with van der Waals surface area (Å²) >= 11 is 5.90. The van der Waals surface area contributed by atoms with E-state index in [2.05, 4.69) is 20.4 Å². The van der Waals surface area contributed by atoms with Crippen LogP contribution in [0.1, 0.15) is 33.2 Å². The van der Waals surface area contributed by atoms with E-state index in [4.69, 9.17) is 16.1 Å². The lowest BCUT2D eigenvalue weighted by atomic mass is 10.2. The Hall–Kier alpha value is -1.95. The van der Waals surface area contributed by atoms with Crippen LogP contribution in [0.5, 0.6) is 0 Å². The second-order valence-corrected chi connectivity index (χ2v) is 4.46. The van der Waals surface area contributed by atoms with Crippen molar-refractivity contribution in [2.45, 2.75) is 27.3 Å². The molecule has 0 saturated carbocycles. The van der Waals surface area contributed by atoms with Crippen molar-refractivity contribution >= 4 is 23.7 Å². The number of nitrogens with one attached hydrogen (secondary N) is 1. The SMILES string of the molecule is Cc1nc(Cl)c(C=O)c(NCc2c(C)noc2C)n1. The smallest absolute Gasteiger partial charge is 0.156 e. The van der Waals surface area contributed by atoms with Gasteiger partial charge in [-0.15, -0.1) is 0 Å². The molecule has 19 heavy (non-hydrogen) atoms. The first-order valence-corrected chi connectivity index (χ1v) is 6.05. The lowest BCUT2D eigenvalue weighted by molar-refractivity contribution is 0.112. The first-order chi connectivity index (χ1) is 9.02. The van der Waals surface area contributed by atoms with E-state index in [1.807, 2.05) is 13.8 Å². The zero-order valence-corrected chi connectivity index (χ0v) is 11.6. The molecule has 100 valence electrons. The van der Waals surface area contributed by atoms with Gasteiger partial charge in [-0.25, -0.2) is 9.97 Å². The molecule has 0 saturated heterocycles. The zero-order valence-electron chi connectivity index (χ0n) is 10.8. The lowest BCUT2D eigenvalue weighted by Gasteiger charge is -2.09. The molecule has 0 aliphatic carbocycles. The lowest BCUT2D eigenvalue weighted by Crippen LogP contribution is -2.08. The number of nitrogens with zero attached hydrogens (tertiary/aromatic N) is 3. The molecule has 0 fully saturated rings. The Labute approximate surface area is 115 Å². The Morgan fingerprint density at radius 3 is 2.63 bits per heavy atom. The minimum atomic E-state index is 0.142. The maximum absolute atomic E-state index is 11.0. The van der Waals surface area contributed by atoms with Crippen molar-refractivity contribution in [2.75, 3.05) is 5.32 Å². The predicted molar refractivity (Wildman–Crippen MR) is 70.5 cm³/mol. The highest BCUT2D eigenvalue weighted by atomic mass is 35.5. The summed E-state index contributed by atoms with van der Waals surface area (Å²) in [6, 6.07) is 0. The summed E-state index contributed by atoms with van der Waals surface area (Å²) in [6.07, 6.45) is 0.636. The highest BCUT2D eigenvalue weighted by Crippen LogP contribution is 2.21. The summed E-state index contributed by atoms with van der Waals surface area (Å²) in [4.78, 5) is 19.1. The number of aryl methyl sites for hydroxylation is 3. The average Bonchev–Trinajstić information content (AvgIpc) is 2.66. The van der Waals surface area contributed by atoms with Crippen LogP contribution < -0.4 is 5.32 Å². The van der Waals surface area contributed by atoms with Crippen LogP contribution in [0, 0.1) is 20.8 Å². The first-order valence-electron chi connectivity index (χ1n) is 5.68. The molecule has 0 unspecified atom stereocenters. The molecule has 0 bridgehead atoms. The quantitative estimate of drug-likeness (QED) is 0.684. The number of carbonyl (C=O) groups is 1. The Morgan fingerprint density at radius 1 is 1.32 bits per heavy atom. The van der Waals surface area contributed by atoms with Crippen molar-refractivity contribution < 1.29 is 9.32 Å². The van der Waals surface area contributed by atoms with E-state index < -0.39 is 0 Å². The minimum absolute atomic E-state index is 0.142. The van der Waals surface area contributed by atoms with Crippen molar-refractivity contribution in [3.8, 4) is 0 Å². The van der Waals surface area contributed by atoms with E-state index in [1.165, 1.54) is 0 Å². The topological polar surface area (TPSA) is 80.9 Å². The molecule has 0 atom stereocenters. The molecule has 0 aliphatic rings. The number of aromatic nitrogens is 3. The normalized spacial score (nSPS) is 10.5. The Bertz CT molecular complexity index is 605. The van der Waals surface area contributed by atoms with E-state index in [-0.39, 0.29) is 10.7 Å². The monoisotopic (exact) mass is 280 g/mol. The molecule has 2 aromatic heterocycles. The summed E-state index contributed by atoms with van der Waals surface area (Å²) in [5, 5.41) is 7.07. The third-order valence-corrected chi connectivity index (χ3v) is 3.03. The van der Waals surface area contributed by atoms with Gasteiger partial charge < -0.3 is 9.84 Å². The van der Waals surface area contributed by atoms with Crippen LogP contribution in [0.25, 0.3) is 0 Å². The van der Waals surface area contributed by atoms with Crippen molar-refractivity contribution in [1.29, 1.82) is 0 Å². The summed E-state index contributed by atoms with van der Waals surface area (Å²) in [6.45, 7) is 5.85. The fraction of sp³-hybridized carbons (Fsp3) is 0.333. The molecule has 0 aliphatic heterocycles. The summed E-state index contributed by atoms with van der Waals surface area (Å²) < 4.78 is 5.07. The number of aldehydes is 1. The molecule has 6 nitrogen and oxygen atoms in total. The second kappa shape index (κ2) is 5.36. The number of hydrogen-bond acceptors (Lipinski definition) is 6. The van der Waals surface area contributed by atoms with Gasteiger partial charge in [-0.05, 0) is 20.8 Å². The largest absolute Gasteiger partial charge is 0.365 e. The van der Waals surface area contributed by atoms with Crippen LogP contribution in [0.4, 0.5) is 5.82 Å². The molecule has 0 aromatic carbocycles. The molecule has 2 heterocycles. The van der Waals surface area contributed by atoms with Crippen LogP contribution in [0.3, 0.4) is 0 Å². The fourth-order valence-electron chi connectivity index (χ4n) is 1.71. The molecule has 0 spiro atoms. The van der Waals surface area contributed by atoms with Gasteiger partial charge in [-0.1, -0.05) is 16.8 Å². The summed E-state index contributed by atoms with van der Waals surface area (Å²) in [5.74, 6) is 1.64. The van der Waals surface area contributed by atoms with Crippen molar-refractivity contribution in [1.82, 2.24) is 15.1 Å². The molecular weight excluding hydrogens is 268 g/mol. The van der Waals surface area contributed by atoms with Crippen LogP contribution in [0.2, 0.25) is 5.15 Å². The van der Waals surface area contributed by atoms with Gasteiger partial charge in [-0.3, -0.25) is 4.79 Å². The molecule has 0 radical (unpaired) electrons. The van der Waals surface area contributed by atoms with Crippen molar-refractivity contribution in [2.24, 2.45) is 0 Å². The number of carbonyl (C=O) groups excluding carboxylic acids is 1. The zero-order chi connectivity index (χ0) is 14.0. The van der Waals surface area contributed by atoms with Crippen LogP contribution in [-0.4, -0.2) is 21.4 Å². The van der Waals surface area contributed by atoms with E-state index in [0.717, 1.165) is 17.0 Å². The molecule has 2 aromatic rings. The summed E-state index contributed by atoms with van der Waals surface area (Å²) in [5.41, 5.74) is 1.98. The van der Waals surface area contributed by atoms with Crippen LogP contribution in [0.15, 0.2) is 4.52 Å². The van der Waals surface area contributed by atoms with Gasteiger partial charge >= 0.3 is 0 Å². The maximum atomic E-state index is 11.0. The van der Waals surface area contributed by atoms with E-state index in [9.17, 15) is 4.79 Å². The van der Waals surface area contributed by atoms with Crippen molar-refractivity contribution in [3.63, 3.8) is 0 Å². The molecule has 2 rings (SSSR count). The van der Waals surface area contributed by atoms with Gasteiger partial charge in [0.2, 0.25) is 0 Å². The summed E-state index contributed by atoms with van der Waals surface area (Å²) in [7, 11) is 0. The highest BCUT2D eigenvalue weighted by molar-refractivity contribution is 6.32. The molecule has 0 amide bonds. The molecule has 1 N–H and O–H groups in total. The number of rotatable bonds is 4. The van der Waals surface area contributed by atoms with Gasteiger partial charge in [0.1, 0.15) is 22.6 Å².